The maximum Gasteiger partial charge on any atom is 0.174 e. The number of thiocarbonyl (C=S) groups is 1. The number of benzene rings is 1. The van der Waals surface area contributed by atoms with Gasteiger partial charge in [0.25, 0.3) is 0 Å². The Balaban J connectivity index is 1.79. The number of nitrogens with zero attached hydrogens (tertiary/aromatic N) is 3. The van der Waals surface area contributed by atoms with Crippen molar-refractivity contribution in [2.24, 2.45) is 7.05 Å². The zero-order chi connectivity index (χ0) is 21.4. The molecule has 30 heavy (non-hydrogen) atoms. The summed E-state index contributed by atoms with van der Waals surface area (Å²) in [6, 6.07) is 16.4. The molecule has 0 spiro atoms. The summed E-state index contributed by atoms with van der Waals surface area (Å²) >= 11 is 5.81. The minimum absolute atomic E-state index is 0.00386. The summed E-state index contributed by atoms with van der Waals surface area (Å²) < 4.78 is 8.04. The largest absolute Gasteiger partial charge is 0.491 e. The van der Waals surface area contributed by atoms with Gasteiger partial charge in [0.15, 0.2) is 5.11 Å². The van der Waals surface area contributed by atoms with Crippen LogP contribution in [0.15, 0.2) is 54.7 Å². The molecule has 1 aromatic carbocycles. The average Bonchev–Trinajstić information content (AvgIpc) is 3.20. The van der Waals surface area contributed by atoms with Gasteiger partial charge in [-0.2, -0.15) is 0 Å². The van der Waals surface area contributed by atoms with Crippen LogP contribution in [0.4, 0.5) is 5.69 Å². The van der Waals surface area contributed by atoms with Gasteiger partial charge in [-0.3, -0.25) is 4.98 Å². The van der Waals surface area contributed by atoms with E-state index in [1.165, 1.54) is 17.0 Å². The first kappa shape index (κ1) is 20.4. The molecule has 0 unspecified atom stereocenters. The summed E-state index contributed by atoms with van der Waals surface area (Å²) in [6.45, 7) is 8.36. The number of nitrogens with one attached hydrogen (secondary N) is 1. The molecule has 6 heteroatoms. The highest BCUT2D eigenvalue weighted by atomic mass is 32.1. The molecule has 156 valence electrons. The third-order valence-electron chi connectivity index (χ3n) is 5.72. The lowest BCUT2D eigenvalue weighted by Crippen LogP contribution is -2.29. The first-order chi connectivity index (χ1) is 14.4. The third kappa shape index (κ3) is 3.67. The van der Waals surface area contributed by atoms with E-state index in [1.54, 1.807) is 0 Å². The molecule has 3 aromatic rings. The summed E-state index contributed by atoms with van der Waals surface area (Å²) in [5.74, 6) is 0.858. The van der Waals surface area contributed by atoms with Gasteiger partial charge in [0, 0.05) is 30.3 Å². The minimum Gasteiger partial charge on any atom is -0.491 e. The zero-order valence-corrected chi connectivity index (χ0v) is 18.9. The Bertz CT molecular complexity index is 1040. The lowest BCUT2D eigenvalue weighted by Gasteiger charge is -2.28. The van der Waals surface area contributed by atoms with Gasteiger partial charge in [-0.25, -0.2) is 0 Å². The minimum atomic E-state index is -0.0363. The molecular formula is C24H28N4OS. The van der Waals surface area contributed by atoms with Crippen molar-refractivity contribution in [3.63, 3.8) is 0 Å². The SMILES string of the molecule is Cc1cc([C@H]2[C@H](c3ccccn3)NC(=S)N2c2ccc(OC(C)C)cc2)c(C)n1C. The molecule has 0 aliphatic carbocycles. The number of aromatic nitrogens is 2. The Morgan fingerprint density at radius 3 is 2.40 bits per heavy atom. The molecule has 4 rings (SSSR count). The van der Waals surface area contributed by atoms with E-state index in [9.17, 15) is 0 Å². The summed E-state index contributed by atoms with van der Waals surface area (Å²) in [4.78, 5) is 6.83. The highest BCUT2D eigenvalue weighted by molar-refractivity contribution is 7.80. The predicted molar refractivity (Wildman–Crippen MR) is 125 cm³/mol. The third-order valence-corrected chi connectivity index (χ3v) is 6.03. The zero-order valence-electron chi connectivity index (χ0n) is 18.1. The van der Waals surface area contributed by atoms with Crippen LogP contribution in [0.25, 0.3) is 0 Å². The maximum atomic E-state index is 5.82. The predicted octanol–water partition coefficient (Wildman–Crippen LogP) is 5.00. The van der Waals surface area contributed by atoms with Gasteiger partial charge >= 0.3 is 0 Å². The van der Waals surface area contributed by atoms with Crippen molar-refractivity contribution in [2.45, 2.75) is 45.9 Å². The van der Waals surface area contributed by atoms with Crippen LogP contribution >= 0.6 is 12.2 Å². The maximum absolute atomic E-state index is 5.82. The van der Waals surface area contributed by atoms with Crippen LogP contribution in [0.5, 0.6) is 5.75 Å². The van der Waals surface area contributed by atoms with Crippen LogP contribution in [0, 0.1) is 13.8 Å². The number of anilines is 1. The highest BCUT2D eigenvalue weighted by Gasteiger charge is 2.42. The van der Waals surface area contributed by atoms with E-state index in [0.717, 1.165) is 17.1 Å². The Hall–Kier alpha value is -2.86. The van der Waals surface area contributed by atoms with Gasteiger partial charge in [0.05, 0.1) is 23.9 Å². The quantitative estimate of drug-likeness (QED) is 0.588. The van der Waals surface area contributed by atoms with E-state index in [-0.39, 0.29) is 18.2 Å². The van der Waals surface area contributed by atoms with Crippen LogP contribution in [0.2, 0.25) is 0 Å². The number of ether oxygens (including phenoxy) is 1. The van der Waals surface area contributed by atoms with E-state index in [0.29, 0.717) is 5.11 Å². The normalized spacial score (nSPS) is 18.7. The van der Waals surface area contributed by atoms with Crippen LogP contribution in [-0.2, 0) is 7.05 Å². The van der Waals surface area contributed by atoms with Gasteiger partial charge in [0.2, 0.25) is 0 Å². The highest BCUT2D eigenvalue weighted by Crippen LogP contribution is 2.43. The lowest BCUT2D eigenvalue weighted by atomic mass is 9.96. The van der Waals surface area contributed by atoms with E-state index >= 15 is 0 Å². The van der Waals surface area contributed by atoms with Gasteiger partial charge in [-0.05, 0) is 87.9 Å². The summed E-state index contributed by atoms with van der Waals surface area (Å²) in [5, 5.41) is 4.23. The Morgan fingerprint density at radius 1 is 1.10 bits per heavy atom. The smallest absolute Gasteiger partial charge is 0.174 e. The van der Waals surface area contributed by atoms with Gasteiger partial charge in [0.1, 0.15) is 5.75 Å². The molecule has 1 aliphatic heterocycles. The van der Waals surface area contributed by atoms with Crippen LogP contribution < -0.4 is 15.0 Å². The average molecular weight is 421 g/mol. The fourth-order valence-electron chi connectivity index (χ4n) is 4.09. The van der Waals surface area contributed by atoms with Gasteiger partial charge in [-0.1, -0.05) is 6.07 Å². The van der Waals surface area contributed by atoms with E-state index < -0.39 is 0 Å². The molecule has 0 radical (unpaired) electrons. The molecule has 0 amide bonds. The number of rotatable bonds is 5. The van der Waals surface area contributed by atoms with Crippen LogP contribution in [0.3, 0.4) is 0 Å². The second kappa shape index (κ2) is 8.11. The van der Waals surface area contributed by atoms with Crippen molar-refractivity contribution in [3.05, 3.63) is 77.4 Å². The molecule has 1 N–H and O–H groups in total. The van der Waals surface area contributed by atoms with Gasteiger partial charge in [-0.15, -0.1) is 0 Å². The van der Waals surface area contributed by atoms with Gasteiger partial charge < -0.3 is 19.5 Å². The molecule has 1 saturated heterocycles. The van der Waals surface area contributed by atoms with E-state index in [1.807, 2.05) is 44.3 Å². The topological polar surface area (TPSA) is 42.3 Å². The van der Waals surface area contributed by atoms with Crippen molar-refractivity contribution in [3.8, 4) is 5.75 Å². The Morgan fingerprint density at radius 2 is 1.83 bits per heavy atom. The molecule has 5 nitrogen and oxygen atoms in total. The number of hydrogen-bond donors (Lipinski definition) is 1. The molecule has 0 bridgehead atoms. The molecule has 3 heterocycles. The lowest BCUT2D eigenvalue weighted by molar-refractivity contribution is 0.242. The van der Waals surface area contributed by atoms with Crippen LogP contribution in [-0.4, -0.2) is 20.8 Å². The fraction of sp³-hybridized carbons (Fsp3) is 0.333. The summed E-state index contributed by atoms with van der Waals surface area (Å²) in [5.41, 5.74) is 5.72. The number of hydrogen-bond acceptors (Lipinski definition) is 3. The van der Waals surface area contributed by atoms with E-state index in [2.05, 4.69) is 64.9 Å². The van der Waals surface area contributed by atoms with Crippen molar-refractivity contribution < 1.29 is 4.74 Å². The molecule has 1 aliphatic rings. The Labute approximate surface area is 183 Å². The summed E-state index contributed by atoms with van der Waals surface area (Å²) in [7, 11) is 2.10. The standard InChI is InChI=1S/C24H28N4OS/c1-15(2)29-19-11-9-18(10-12-19)28-23(20-14-16(3)27(5)17(20)4)22(26-24(28)30)21-8-6-7-13-25-21/h6-15,22-23H,1-5H3,(H,26,30)/t22-,23-/m0/s1. The first-order valence-corrected chi connectivity index (χ1v) is 10.7. The van der Waals surface area contributed by atoms with Crippen molar-refractivity contribution in [1.29, 1.82) is 0 Å². The van der Waals surface area contributed by atoms with Crippen LogP contribution in [0.1, 0.15) is 48.6 Å². The van der Waals surface area contributed by atoms with Crippen molar-refractivity contribution >= 4 is 23.0 Å². The van der Waals surface area contributed by atoms with Crippen molar-refractivity contribution in [1.82, 2.24) is 14.9 Å². The van der Waals surface area contributed by atoms with Crippen molar-refractivity contribution in [2.75, 3.05) is 4.90 Å². The molecule has 0 saturated carbocycles. The monoisotopic (exact) mass is 420 g/mol. The molecule has 1 fully saturated rings. The first-order valence-electron chi connectivity index (χ1n) is 10.3. The Kier molecular flexibility index (Phi) is 5.52. The van der Waals surface area contributed by atoms with E-state index in [4.69, 9.17) is 17.0 Å². The number of aryl methyl sites for hydroxylation is 1. The summed E-state index contributed by atoms with van der Waals surface area (Å²) in [6.07, 6.45) is 1.97. The molecule has 2 atom stereocenters. The number of pyridine rings is 1. The molecular weight excluding hydrogens is 392 g/mol. The second-order valence-electron chi connectivity index (χ2n) is 8.04. The fourth-order valence-corrected chi connectivity index (χ4v) is 4.44. The molecule has 2 aromatic heterocycles. The second-order valence-corrected chi connectivity index (χ2v) is 8.43.